The smallest absolute Gasteiger partial charge is 0.226 e. The lowest BCUT2D eigenvalue weighted by Gasteiger charge is -2.32. The van der Waals surface area contributed by atoms with E-state index in [1.807, 2.05) is 15.8 Å². The fourth-order valence-electron chi connectivity index (χ4n) is 3.01. The van der Waals surface area contributed by atoms with Crippen LogP contribution in [0.2, 0.25) is 0 Å². The number of fused-ring (bicyclic) bond motifs is 1. The number of halogens is 1. The first kappa shape index (κ1) is 12.2. The Kier molecular flexibility index (Phi) is 3.41. The Labute approximate surface area is 115 Å². The van der Waals surface area contributed by atoms with Crippen LogP contribution in [-0.2, 0) is 17.9 Å². The quantitative estimate of drug-likeness (QED) is 0.799. The molecule has 1 aromatic rings. The minimum atomic E-state index is 0.270. The summed E-state index contributed by atoms with van der Waals surface area (Å²) in [6.07, 6.45) is 7.70. The number of carbonyl (C=O) groups excluding carboxylic acids is 1. The minimum Gasteiger partial charge on any atom is -0.335 e. The number of aromatic nitrogens is 2. The number of rotatable bonds is 1. The van der Waals surface area contributed by atoms with E-state index in [4.69, 9.17) is 0 Å². The molecule has 0 atom stereocenters. The molecule has 0 radical (unpaired) electrons. The third-order valence-electron chi connectivity index (χ3n) is 4.09. The summed E-state index contributed by atoms with van der Waals surface area (Å²) in [5.74, 6) is 0.626. The fraction of sp³-hybridized carbons (Fsp3) is 0.692. The predicted octanol–water partition coefficient (Wildman–Crippen LogP) is 2.57. The maximum absolute atomic E-state index is 12.5. The van der Waals surface area contributed by atoms with Crippen LogP contribution < -0.4 is 0 Å². The van der Waals surface area contributed by atoms with Crippen LogP contribution in [0.1, 0.15) is 37.8 Å². The zero-order chi connectivity index (χ0) is 12.5. The zero-order valence-corrected chi connectivity index (χ0v) is 12.0. The van der Waals surface area contributed by atoms with Crippen molar-refractivity contribution in [3.63, 3.8) is 0 Å². The third-order valence-corrected chi connectivity index (χ3v) is 4.75. The van der Waals surface area contributed by atoms with E-state index < -0.39 is 0 Å². The zero-order valence-electron chi connectivity index (χ0n) is 10.4. The van der Waals surface area contributed by atoms with Gasteiger partial charge in [-0.3, -0.25) is 9.48 Å². The van der Waals surface area contributed by atoms with Crippen LogP contribution in [0.3, 0.4) is 0 Å². The Hall–Kier alpha value is -0.840. The van der Waals surface area contributed by atoms with Gasteiger partial charge in [0.1, 0.15) is 0 Å². The van der Waals surface area contributed by atoms with Gasteiger partial charge in [-0.05, 0) is 28.8 Å². The Bertz CT molecular complexity index is 451. The summed E-state index contributed by atoms with van der Waals surface area (Å²) in [6.45, 7) is 2.33. The van der Waals surface area contributed by atoms with Crippen molar-refractivity contribution in [1.29, 1.82) is 0 Å². The number of amides is 1. The third kappa shape index (κ3) is 2.20. The molecule has 1 fully saturated rings. The van der Waals surface area contributed by atoms with Gasteiger partial charge in [0.25, 0.3) is 0 Å². The maximum Gasteiger partial charge on any atom is 0.226 e. The van der Waals surface area contributed by atoms with Crippen molar-refractivity contribution in [2.45, 2.75) is 45.2 Å². The molecule has 1 aliphatic carbocycles. The molecule has 1 amide bonds. The first-order valence-electron chi connectivity index (χ1n) is 6.74. The van der Waals surface area contributed by atoms with Crippen LogP contribution in [0.5, 0.6) is 0 Å². The molecule has 0 spiro atoms. The Morgan fingerprint density at radius 1 is 1.28 bits per heavy atom. The van der Waals surface area contributed by atoms with E-state index in [-0.39, 0.29) is 5.92 Å². The maximum atomic E-state index is 12.5. The topological polar surface area (TPSA) is 38.1 Å². The predicted molar refractivity (Wildman–Crippen MR) is 71.9 cm³/mol. The molecule has 1 aliphatic heterocycles. The van der Waals surface area contributed by atoms with Crippen molar-refractivity contribution in [2.24, 2.45) is 5.92 Å². The molecule has 3 rings (SSSR count). The standard InChI is InChI=1S/C13H18BrN3O/c14-11-8-15-17-7-6-16(9-12(11)17)13(18)10-4-2-1-3-5-10/h8,10H,1-7,9H2. The molecule has 0 saturated heterocycles. The lowest BCUT2D eigenvalue weighted by atomic mass is 9.88. The van der Waals surface area contributed by atoms with Crippen LogP contribution in [0, 0.1) is 5.92 Å². The van der Waals surface area contributed by atoms with Gasteiger partial charge in [0, 0.05) is 12.5 Å². The van der Waals surface area contributed by atoms with Gasteiger partial charge >= 0.3 is 0 Å². The summed E-state index contributed by atoms with van der Waals surface area (Å²) >= 11 is 3.50. The number of hydrogen-bond donors (Lipinski definition) is 0. The van der Waals surface area contributed by atoms with Crippen LogP contribution in [0.4, 0.5) is 0 Å². The molecule has 2 heterocycles. The Morgan fingerprint density at radius 2 is 2.06 bits per heavy atom. The number of carbonyl (C=O) groups is 1. The highest BCUT2D eigenvalue weighted by Gasteiger charge is 2.29. The van der Waals surface area contributed by atoms with E-state index in [1.165, 1.54) is 19.3 Å². The van der Waals surface area contributed by atoms with E-state index in [0.29, 0.717) is 12.5 Å². The van der Waals surface area contributed by atoms with Crippen molar-refractivity contribution in [3.8, 4) is 0 Å². The molecule has 18 heavy (non-hydrogen) atoms. The van der Waals surface area contributed by atoms with E-state index in [2.05, 4.69) is 21.0 Å². The highest BCUT2D eigenvalue weighted by Crippen LogP contribution is 2.28. The van der Waals surface area contributed by atoms with Crippen LogP contribution in [0.15, 0.2) is 10.7 Å². The monoisotopic (exact) mass is 311 g/mol. The van der Waals surface area contributed by atoms with Gasteiger partial charge < -0.3 is 4.90 Å². The van der Waals surface area contributed by atoms with E-state index in [1.54, 1.807) is 0 Å². The van der Waals surface area contributed by atoms with Gasteiger partial charge in [-0.2, -0.15) is 5.10 Å². The Balaban J connectivity index is 1.71. The number of hydrogen-bond acceptors (Lipinski definition) is 2. The molecule has 0 unspecified atom stereocenters. The lowest BCUT2D eigenvalue weighted by molar-refractivity contribution is -0.138. The van der Waals surface area contributed by atoms with Crippen molar-refractivity contribution >= 4 is 21.8 Å². The van der Waals surface area contributed by atoms with Gasteiger partial charge in [-0.15, -0.1) is 0 Å². The van der Waals surface area contributed by atoms with Crippen molar-refractivity contribution in [1.82, 2.24) is 14.7 Å². The van der Waals surface area contributed by atoms with Crippen LogP contribution in [-0.4, -0.2) is 27.1 Å². The summed E-state index contributed by atoms with van der Waals surface area (Å²) in [6, 6.07) is 0. The summed E-state index contributed by atoms with van der Waals surface area (Å²) < 4.78 is 3.01. The van der Waals surface area contributed by atoms with Crippen LogP contribution >= 0.6 is 15.9 Å². The number of nitrogens with zero attached hydrogens (tertiary/aromatic N) is 3. The normalized spacial score (nSPS) is 20.8. The van der Waals surface area contributed by atoms with E-state index >= 15 is 0 Å². The highest BCUT2D eigenvalue weighted by atomic mass is 79.9. The molecule has 98 valence electrons. The molecule has 1 aromatic heterocycles. The van der Waals surface area contributed by atoms with Gasteiger partial charge in [-0.25, -0.2) is 0 Å². The molecule has 0 bridgehead atoms. The van der Waals surface area contributed by atoms with Crippen molar-refractivity contribution < 1.29 is 4.79 Å². The second kappa shape index (κ2) is 5.03. The van der Waals surface area contributed by atoms with Crippen LogP contribution in [0.25, 0.3) is 0 Å². The summed E-state index contributed by atoms with van der Waals surface area (Å²) in [5.41, 5.74) is 1.13. The van der Waals surface area contributed by atoms with Crippen molar-refractivity contribution in [3.05, 3.63) is 16.4 Å². The van der Waals surface area contributed by atoms with E-state index in [9.17, 15) is 4.79 Å². The molecular weight excluding hydrogens is 294 g/mol. The van der Waals surface area contributed by atoms with Gasteiger partial charge in [-0.1, -0.05) is 19.3 Å². The first-order valence-corrected chi connectivity index (χ1v) is 7.54. The molecule has 0 aromatic carbocycles. The Morgan fingerprint density at radius 3 is 2.83 bits per heavy atom. The molecular formula is C13H18BrN3O. The fourth-order valence-corrected chi connectivity index (χ4v) is 3.43. The highest BCUT2D eigenvalue weighted by molar-refractivity contribution is 9.10. The second-order valence-electron chi connectivity index (χ2n) is 5.26. The summed E-state index contributed by atoms with van der Waals surface area (Å²) in [7, 11) is 0. The van der Waals surface area contributed by atoms with Gasteiger partial charge in [0.2, 0.25) is 5.91 Å². The van der Waals surface area contributed by atoms with E-state index in [0.717, 1.165) is 36.1 Å². The van der Waals surface area contributed by atoms with Gasteiger partial charge in [0.15, 0.2) is 0 Å². The summed E-state index contributed by atoms with van der Waals surface area (Å²) in [5, 5.41) is 4.29. The minimum absolute atomic E-state index is 0.270. The summed E-state index contributed by atoms with van der Waals surface area (Å²) in [4.78, 5) is 14.5. The largest absolute Gasteiger partial charge is 0.335 e. The average molecular weight is 312 g/mol. The second-order valence-corrected chi connectivity index (χ2v) is 6.11. The SMILES string of the molecule is O=C(C1CCCCC1)N1CCn2ncc(Br)c2C1. The van der Waals surface area contributed by atoms with Crippen molar-refractivity contribution in [2.75, 3.05) is 6.54 Å². The molecule has 2 aliphatic rings. The first-order chi connectivity index (χ1) is 8.75. The van der Waals surface area contributed by atoms with Gasteiger partial charge in [0.05, 0.1) is 29.5 Å². The molecule has 0 N–H and O–H groups in total. The average Bonchev–Trinajstić information content (AvgIpc) is 2.80. The lowest BCUT2D eigenvalue weighted by Crippen LogP contribution is -2.42. The molecule has 1 saturated carbocycles. The molecule has 4 nitrogen and oxygen atoms in total. The molecule has 5 heteroatoms.